The van der Waals surface area contributed by atoms with E-state index in [9.17, 15) is 5.11 Å². The van der Waals surface area contributed by atoms with Crippen molar-refractivity contribution in [3.63, 3.8) is 0 Å². The van der Waals surface area contributed by atoms with Crippen molar-refractivity contribution in [3.8, 4) is 17.6 Å². The minimum Gasteiger partial charge on any atom is -0.508 e. The molecule has 2 rings (SSSR count). The first-order valence-corrected chi connectivity index (χ1v) is 5.26. The summed E-state index contributed by atoms with van der Waals surface area (Å²) in [5, 5.41) is 12.8. The Hall–Kier alpha value is -1.46. The molecule has 0 heterocycles. The highest BCUT2D eigenvalue weighted by atomic mass is 16.3. The molecule has 0 fully saturated rings. The molecule has 1 aliphatic carbocycles. The number of aromatic hydroxyl groups is 1. The smallest absolute Gasteiger partial charge is 0.115 e. The van der Waals surface area contributed by atoms with E-state index >= 15 is 0 Å². The number of nitrogens with one attached hydrogen (secondary N) is 1. The van der Waals surface area contributed by atoms with Gasteiger partial charge in [0.15, 0.2) is 0 Å². The molecule has 0 aromatic heterocycles. The average molecular weight is 201 g/mol. The van der Waals surface area contributed by atoms with Crippen molar-refractivity contribution in [1.29, 1.82) is 0 Å². The molecule has 1 aliphatic rings. The van der Waals surface area contributed by atoms with Gasteiger partial charge in [-0.25, -0.2) is 0 Å². The summed E-state index contributed by atoms with van der Waals surface area (Å²) in [7, 11) is 0. The fourth-order valence-corrected chi connectivity index (χ4v) is 2.08. The minimum absolute atomic E-state index is 0.364. The maximum atomic E-state index is 9.35. The van der Waals surface area contributed by atoms with E-state index in [1.165, 1.54) is 11.1 Å². The molecule has 78 valence electrons. The topological polar surface area (TPSA) is 32.3 Å². The van der Waals surface area contributed by atoms with Crippen LogP contribution in [0.2, 0.25) is 0 Å². The van der Waals surface area contributed by atoms with Crippen LogP contribution >= 0.6 is 0 Å². The first-order valence-electron chi connectivity index (χ1n) is 5.26. The number of hydrogen-bond donors (Lipinski definition) is 2. The molecule has 2 N–H and O–H groups in total. The normalized spacial score (nSPS) is 18.1. The second-order valence-electron chi connectivity index (χ2n) is 3.78. The molecule has 2 nitrogen and oxygen atoms in total. The van der Waals surface area contributed by atoms with Crippen molar-refractivity contribution < 1.29 is 5.11 Å². The maximum Gasteiger partial charge on any atom is 0.115 e. The number of aryl methyl sites for hydroxylation is 1. The Morgan fingerprint density at radius 1 is 1.53 bits per heavy atom. The lowest BCUT2D eigenvalue weighted by molar-refractivity contribution is 0.474. The van der Waals surface area contributed by atoms with Gasteiger partial charge in [-0.15, -0.1) is 5.92 Å². The van der Waals surface area contributed by atoms with E-state index < -0.39 is 0 Å². The van der Waals surface area contributed by atoms with Crippen molar-refractivity contribution >= 4 is 0 Å². The molecule has 0 saturated carbocycles. The zero-order valence-corrected chi connectivity index (χ0v) is 8.88. The van der Waals surface area contributed by atoms with Gasteiger partial charge in [-0.2, -0.15) is 0 Å². The zero-order valence-electron chi connectivity index (χ0n) is 8.88. The van der Waals surface area contributed by atoms with Crippen LogP contribution in [0.25, 0.3) is 0 Å². The highest BCUT2D eigenvalue weighted by Crippen LogP contribution is 2.32. The summed E-state index contributed by atoms with van der Waals surface area (Å²) >= 11 is 0. The van der Waals surface area contributed by atoms with Crippen LogP contribution in [0.1, 0.15) is 30.5 Å². The van der Waals surface area contributed by atoms with Gasteiger partial charge in [0.2, 0.25) is 0 Å². The number of rotatable bonds is 2. The van der Waals surface area contributed by atoms with Gasteiger partial charge in [0.05, 0.1) is 6.54 Å². The van der Waals surface area contributed by atoms with Gasteiger partial charge in [-0.05, 0) is 43.0 Å². The van der Waals surface area contributed by atoms with Crippen LogP contribution in [0.5, 0.6) is 5.75 Å². The number of fused-ring (bicyclic) bond motifs is 1. The average Bonchev–Trinajstić information content (AvgIpc) is 2.61. The van der Waals surface area contributed by atoms with Crippen LogP contribution in [0.3, 0.4) is 0 Å². The second-order valence-corrected chi connectivity index (χ2v) is 3.78. The minimum atomic E-state index is 0.364. The van der Waals surface area contributed by atoms with Crippen molar-refractivity contribution in [2.24, 2.45) is 0 Å². The molecule has 1 atom stereocenters. The molecule has 1 unspecified atom stereocenters. The third-order valence-electron chi connectivity index (χ3n) is 2.82. The monoisotopic (exact) mass is 201 g/mol. The lowest BCUT2D eigenvalue weighted by Gasteiger charge is -2.11. The number of hydrogen-bond acceptors (Lipinski definition) is 2. The molecule has 0 spiro atoms. The Bertz CT molecular complexity index is 414. The van der Waals surface area contributed by atoms with Crippen molar-refractivity contribution in [2.75, 3.05) is 6.54 Å². The first-order chi connectivity index (χ1) is 7.31. The van der Waals surface area contributed by atoms with Crippen LogP contribution in [0.15, 0.2) is 18.2 Å². The van der Waals surface area contributed by atoms with Gasteiger partial charge in [0.25, 0.3) is 0 Å². The summed E-state index contributed by atoms with van der Waals surface area (Å²) in [6, 6.07) is 6.03. The van der Waals surface area contributed by atoms with Crippen molar-refractivity contribution in [1.82, 2.24) is 5.32 Å². The van der Waals surface area contributed by atoms with E-state index in [4.69, 9.17) is 0 Å². The summed E-state index contributed by atoms with van der Waals surface area (Å²) in [4.78, 5) is 0. The molecule has 15 heavy (non-hydrogen) atoms. The fraction of sp³-hybridized carbons (Fsp3) is 0.385. The largest absolute Gasteiger partial charge is 0.508 e. The van der Waals surface area contributed by atoms with Gasteiger partial charge in [0.1, 0.15) is 5.75 Å². The Morgan fingerprint density at radius 2 is 2.40 bits per heavy atom. The lowest BCUT2D eigenvalue weighted by Crippen LogP contribution is -2.19. The molecule has 0 radical (unpaired) electrons. The fourth-order valence-electron chi connectivity index (χ4n) is 2.08. The van der Waals surface area contributed by atoms with E-state index in [1.54, 1.807) is 6.07 Å². The Balaban J connectivity index is 2.10. The van der Waals surface area contributed by atoms with Crippen LogP contribution < -0.4 is 5.32 Å². The van der Waals surface area contributed by atoms with Gasteiger partial charge >= 0.3 is 0 Å². The molecular formula is C13H15NO. The van der Waals surface area contributed by atoms with Crippen LogP contribution in [-0.4, -0.2) is 11.7 Å². The predicted molar refractivity (Wildman–Crippen MR) is 60.6 cm³/mol. The molecule has 0 aliphatic heterocycles. The third kappa shape index (κ3) is 2.14. The molecule has 1 aromatic carbocycles. The highest BCUT2D eigenvalue weighted by molar-refractivity contribution is 5.40. The molecule has 0 amide bonds. The van der Waals surface area contributed by atoms with E-state index in [-0.39, 0.29) is 0 Å². The van der Waals surface area contributed by atoms with E-state index in [2.05, 4.69) is 17.2 Å². The SMILES string of the molecule is CC#CCNC1CCc2cc(O)ccc21. The van der Waals surface area contributed by atoms with Crippen LogP contribution in [-0.2, 0) is 6.42 Å². The van der Waals surface area contributed by atoms with E-state index in [0.717, 1.165) is 19.4 Å². The van der Waals surface area contributed by atoms with Crippen LogP contribution in [0, 0.1) is 11.8 Å². The lowest BCUT2D eigenvalue weighted by atomic mass is 10.1. The Labute approximate surface area is 90.3 Å². The first kappa shape index (κ1) is 10.1. The van der Waals surface area contributed by atoms with Gasteiger partial charge in [0, 0.05) is 6.04 Å². The third-order valence-corrected chi connectivity index (χ3v) is 2.82. The molecular weight excluding hydrogens is 186 g/mol. The quantitative estimate of drug-likeness (QED) is 0.717. The molecule has 0 bridgehead atoms. The number of phenols is 1. The van der Waals surface area contributed by atoms with E-state index in [0.29, 0.717) is 11.8 Å². The van der Waals surface area contributed by atoms with Crippen molar-refractivity contribution in [2.45, 2.75) is 25.8 Å². The number of phenolic OH excluding ortho intramolecular Hbond substituents is 1. The Morgan fingerprint density at radius 3 is 3.20 bits per heavy atom. The summed E-state index contributed by atoms with van der Waals surface area (Å²) in [5.74, 6) is 6.24. The summed E-state index contributed by atoms with van der Waals surface area (Å²) in [6.07, 6.45) is 2.14. The summed E-state index contributed by atoms with van der Waals surface area (Å²) < 4.78 is 0. The van der Waals surface area contributed by atoms with Crippen LogP contribution in [0.4, 0.5) is 0 Å². The second kappa shape index (κ2) is 4.37. The van der Waals surface area contributed by atoms with E-state index in [1.807, 2.05) is 19.1 Å². The summed E-state index contributed by atoms with van der Waals surface area (Å²) in [5.41, 5.74) is 2.57. The van der Waals surface area contributed by atoms with Crippen molar-refractivity contribution in [3.05, 3.63) is 29.3 Å². The van der Waals surface area contributed by atoms with Gasteiger partial charge in [-0.1, -0.05) is 12.0 Å². The summed E-state index contributed by atoms with van der Waals surface area (Å²) in [6.45, 7) is 2.59. The Kier molecular flexibility index (Phi) is 2.94. The standard InChI is InChI=1S/C13H15NO/c1-2-3-8-14-13-7-4-10-9-11(15)5-6-12(10)13/h5-6,9,13-15H,4,7-8H2,1H3. The highest BCUT2D eigenvalue weighted by Gasteiger charge is 2.21. The van der Waals surface area contributed by atoms with Gasteiger partial charge in [-0.3, -0.25) is 5.32 Å². The zero-order chi connectivity index (χ0) is 10.7. The van der Waals surface area contributed by atoms with Gasteiger partial charge < -0.3 is 5.11 Å². The predicted octanol–water partition coefficient (Wildman–Crippen LogP) is 1.99. The maximum absolute atomic E-state index is 9.35. The molecule has 1 aromatic rings. The number of benzene rings is 1. The molecule has 2 heteroatoms. The molecule has 0 saturated heterocycles.